The molecule has 0 aromatic heterocycles. The Balaban J connectivity index is 1.58. The number of aliphatic carboxylic acids is 1. The fourth-order valence-electron chi connectivity index (χ4n) is 3.54. The summed E-state index contributed by atoms with van der Waals surface area (Å²) in [6.45, 7) is 0.393. The van der Waals surface area contributed by atoms with Gasteiger partial charge in [0.25, 0.3) is 5.91 Å². The van der Waals surface area contributed by atoms with E-state index in [1.807, 2.05) is 30.3 Å². The van der Waals surface area contributed by atoms with E-state index < -0.39 is 17.5 Å². The third kappa shape index (κ3) is 7.23. The van der Waals surface area contributed by atoms with E-state index in [1.54, 1.807) is 18.2 Å². The van der Waals surface area contributed by atoms with Crippen LogP contribution < -0.4 is 15.8 Å². The van der Waals surface area contributed by atoms with Crippen LogP contribution in [0.4, 0.5) is 10.1 Å². The molecule has 0 spiro atoms. The Morgan fingerprint density at radius 2 is 1.79 bits per heavy atom. The number of phenolic OH excluding ortho intramolecular Hbond substituents is 1. The average Bonchev–Trinajstić information content (AvgIpc) is 2.81. The largest absolute Gasteiger partial charge is 0.505 e. The number of hydrogen-bond acceptors (Lipinski definition) is 5. The standard InChI is InChI=1S/C26H27FN2O5/c27-21-13-18(6-9-23(21)30)10-11-34-24-15-20(7-8-22(24)28)26(33)29-16-19(14-25(31)32)12-17-4-2-1-3-5-17/h1-9,13,15,19,30H,10-12,14,16,28H2,(H,29,33)(H,31,32). The molecule has 0 aliphatic carbocycles. The highest BCUT2D eigenvalue weighted by molar-refractivity contribution is 5.95. The fourth-order valence-corrected chi connectivity index (χ4v) is 3.54. The van der Waals surface area contributed by atoms with Gasteiger partial charge in [0.15, 0.2) is 11.6 Å². The lowest BCUT2D eigenvalue weighted by atomic mass is 9.96. The van der Waals surface area contributed by atoms with Crippen LogP contribution in [0.15, 0.2) is 66.7 Å². The van der Waals surface area contributed by atoms with Crippen molar-refractivity contribution in [2.24, 2.45) is 5.92 Å². The molecular weight excluding hydrogens is 439 g/mol. The van der Waals surface area contributed by atoms with E-state index >= 15 is 0 Å². The summed E-state index contributed by atoms with van der Waals surface area (Å²) in [5, 5.41) is 21.3. The maximum Gasteiger partial charge on any atom is 0.303 e. The summed E-state index contributed by atoms with van der Waals surface area (Å²) in [5.41, 5.74) is 8.28. The summed E-state index contributed by atoms with van der Waals surface area (Å²) in [5.74, 6) is -2.36. The van der Waals surface area contributed by atoms with Gasteiger partial charge in [-0.2, -0.15) is 0 Å². The lowest BCUT2D eigenvalue weighted by Gasteiger charge is -2.16. The first-order chi connectivity index (χ1) is 16.3. The summed E-state index contributed by atoms with van der Waals surface area (Å²) < 4.78 is 19.2. The van der Waals surface area contributed by atoms with Gasteiger partial charge in [-0.25, -0.2) is 4.39 Å². The number of amides is 1. The second kappa shape index (κ2) is 11.7. The minimum absolute atomic E-state index is 0.0663. The van der Waals surface area contributed by atoms with Crippen molar-refractivity contribution in [2.75, 3.05) is 18.9 Å². The van der Waals surface area contributed by atoms with Crippen LogP contribution in [0.1, 0.15) is 27.9 Å². The molecule has 5 N–H and O–H groups in total. The first-order valence-electron chi connectivity index (χ1n) is 10.9. The SMILES string of the molecule is Nc1ccc(C(=O)NCC(CC(=O)O)Cc2ccccc2)cc1OCCc1ccc(O)c(F)c1. The normalized spacial score (nSPS) is 11.6. The Labute approximate surface area is 197 Å². The van der Waals surface area contributed by atoms with Crippen molar-refractivity contribution in [3.63, 3.8) is 0 Å². The first kappa shape index (κ1) is 24.6. The molecule has 3 rings (SSSR count). The Hall–Kier alpha value is -4.07. The Bertz CT molecular complexity index is 1140. The molecule has 1 unspecified atom stereocenters. The molecule has 7 nitrogen and oxygen atoms in total. The maximum atomic E-state index is 13.5. The number of hydrogen-bond donors (Lipinski definition) is 4. The highest BCUT2D eigenvalue weighted by atomic mass is 19.1. The molecule has 0 radical (unpaired) electrons. The number of nitrogens with one attached hydrogen (secondary N) is 1. The average molecular weight is 467 g/mol. The molecule has 0 aliphatic heterocycles. The number of carboxylic acids is 1. The summed E-state index contributed by atoms with van der Waals surface area (Å²) in [6.07, 6.45) is 0.841. The van der Waals surface area contributed by atoms with Gasteiger partial charge >= 0.3 is 5.97 Å². The second-order valence-electron chi connectivity index (χ2n) is 8.00. The van der Waals surface area contributed by atoms with Crippen molar-refractivity contribution in [1.82, 2.24) is 5.32 Å². The summed E-state index contributed by atoms with van der Waals surface area (Å²) in [7, 11) is 0. The molecule has 0 saturated heterocycles. The number of nitrogens with two attached hydrogens (primary N) is 1. The molecule has 0 saturated carbocycles. The van der Waals surface area contributed by atoms with E-state index in [0.717, 1.165) is 5.56 Å². The predicted molar refractivity (Wildman–Crippen MR) is 126 cm³/mol. The van der Waals surface area contributed by atoms with E-state index in [9.17, 15) is 24.2 Å². The van der Waals surface area contributed by atoms with Gasteiger partial charge in [0.1, 0.15) is 5.75 Å². The van der Waals surface area contributed by atoms with E-state index in [2.05, 4.69) is 5.32 Å². The van der Waals surface area contributed by atoms with Crippen LogP contribution in [0.25, 0.3) is 0 Å². The number of nitrogen functional groups attached to an aromatic ring is 1. The molecule has 0 aliphatic rings. The topological polar surface area (TPSA) is 122 Å². The number of ether oxygens (including phenoxy) is 1. The number of phenols is 1. The van der Waals surface area contributed by atoms with Crippen molar-refractivity contribution in [3.05, 3.63) is 89.2 Å². The summed E-state index contributed by atoms with van der Waals surface area (Å²) >= 11 is 0. The minimum atomic E-state index is -0.924. The maximum absolute atomic E-state index is 13.5. The third-order valence-electron chi connectivity index (χ3n) is 5.32. The van der Waals surface area contributed by atoms with E-state index in [1.165, 1.54) is 18.2 Å². The number of anilines is 1. The fraction of sp³-hybridized carbons (Fsp3) is 0.231. The zero-order valence-electron chi connectivity index (χ0n) is 18.5. The van der Waals surface area contributed by atoms with Gasteiger partial charge in [-0.3, -0.25) is 9.59 Å². The van der Waals surface area contributed by atoms with Gasteiger partial charge in [0.2, 0.25) is 0 Å². The molecule has 8 heteroatoms. The van der Waals surface area contributed by atoms with Gasteiger partial charge in [-0.15, -0.1) is 0 Å². The zero-order chi connectivity index (χ0) is 24.5. The molecule has 0 bridgehead atoms. The smallest absolute Gasteiger partial charge is 0.303 e. The number of aromatic hydroxyl groups is 1. The van der Waals surface area contributed by atoms with Crippen LogP contribution in [-0.4, -0.2) is 35.2 Å². The van der Waals surface area contributed by atoms with Crippen LogP contribution in [0.5, 0.6) is 11.5 Å². The van der Waals surface area contributed by atoms with Crippen molar-refractivity contribution < 1.29 is 28.9 Å². The van der Waals surface area contributed by atoms with E-state index in [-0.39, 0.29) is 31.4 Å². The van der Waals surface area contributed by atoms with Crippen molar-refractivity contribution >= 4 is 17.6 Å². The minimum Gasteiger partial charge on any atom is -0.505 e. The Morgan fingerprint density at radius 1 is 1.03 bits per heavy atom. The Kier molecular flexibility index (Phi) is 8.45. The van der Waals surface area contributed by atoms with Crippen LogP contribution in [0, 0.1) is 11.7 Å². The number of benzene rings is 3. The van der Waals surface area contributed by atoms with E-state index in [4.69, 9.17) is 10.5 Å². The zero-order valence-corrected chi connectivity index (χ0v) is 18.5. The molecule has 1 amide bonds. The predicted octanol–water partition coefficient (Wildman–Crippen LogP) is 3.80. The molecule has 3 aromatic carbocycles. The highest BCUT2D eigenvalue weighted by Gasteiger charge is 2.17. The summed E-state index contributed by atoms with van der Waals surface area (Å²) in [6, 6.07) is 18.3. The quantitative estimate of drug-likeness (QED) is 0.319. The number of carbonyl (C=O) groups excluding carboxylic acids is 1. The van der Waals surface area contributed by atoms with Gasteiger partial charge in [-0.05, 0) is 53.8 Å². The molecule has 1 atom stereocenters. The number of halogens is 1. The molecular formula is C26H27FN2O5. The van der Waals surface area contributed by atoms with Gasteiger partial charge in [-0.1, -0.05) is 36.4 Å². The second-order valence-corrected chi connectivity index (χ2v) is 8.00. The van der Waals surface area contributed by atoms with Crippen LogP contribution in [0.3, 0.4) is 0 Å². The van der Waals surface area contributed by atoms with Crippen LogP contribution in [0.2, 0.25) is 0 Å². The molecule has 0 heterocycles. The number of rotatable bonds is 11. The highest BCUT2D eigenvalue weighted by Crippen LogP contribution is 2.24. The first-order valence-corrected chi connectivity index (χ1v) is 10.9. The van der Waals surface area contributed by atoms with Crippen molar-refractivity contribution in [1.29, 1.82) is 0 Å². The van der Waals surface area contributed by atoms with Gasteiger partial charge in [0, 0.05) is 18.5 Å². The molecule has 34 heavy (non-hydrogen) atoms. The van der Waals surface area contributed by atoms with Crippen molar-refractivity contribution in [2.45, 2.75) is 19.3 Å². The Morgan fingerprint density at radius 3 is 2.50 bits per heavy atom. The lowest BCUT2D eigenvalue weighted by molar-refractivity contribution is -0.138. The van der Waals surface area contributed by atoms with E-state index in [0.29, 0.717) is 35.4 Å². The number of carboxylic acid groups (broad SMARTS) is 1. The van der Waals surface area contributed by atoms with Gasteiger partial charge < -0.3 is 26.0 Å². The van der Waals surface area contributed by atoms with Crippen LogP contribution in [-0.2, 0) is 17.6 Å². The summed E-state index contributed by atoms with van der Waals surface area (Å²) in [4.78, 5) is 24.0. The monoisotopic (exact) mass is 466 g/mol. The van der Waals surface area contributed by atoms with Crippen LogP contribution >= 0.6 is 0 Å². The third-order valence-corrected chi connectivity index (χ3v) is 5.32. The lowest BCUT2D eigenvalue weighted by Crippen LogP contribution is -2.31. The van der Waals surface area contributed by atoms with Crippen molar-refractivity contribution in [3.8, 4) is 11.5 Å². The molecule has 178 valence electrons. The molecule has 3 aromatic rings. The number of carbonyl (C=O) groups is 2. The van der Waals surface area contributed by atoms with Gasteiger partial charge in [0.05, 0.1) is 18.7 Å². The molecule has 0 fully saturated rings.